The molecule has 0 radical (unpaired) electrons. The summed E-state index contributed by atoms with van der Waals surface area (Å²) in [5.74, 6) is 0.251. The van der Waals surface area contributed by atoms with Crippen LogP contribution in [0.5, 0.6) is 0 Å². The number of thiophene rings is 1. The van der Waals surface area contributed by atoms with E-state index in [1.807, 2.05) is 11.3 Å². The van der Waals surface area contributed by atoms with Gasteiger partial charge in [-0.25, -0.2) is 0 Å². The fraction of sp³-hybridized carbons (Fsp3) is 0.522. The second-order valence-corrected chi connectivity index (χ2v) is 9.86. The maximum atomic E-state index is 12.9. The van der Waals surface area contributed by atoms with Crippen LogP contribution in [0.25, 0.3) is 0 Å². The highest BCUT2D eigenvalue weighted by molar-refractivity contribution is 7.12. The molecule has 0 fully saturated rings. The molecule has 3 heterocycles. The monoisotopic (exact) mass is 380 g/mol. The third kappa shape index (κ3) is 2.94. The van der Waals surface area contributed by atoms with Gasteiger partial charge in [0.15, 0.2) is 0 Å². The van der Waals surface area contributed by atoms with E-state index in [4.69, 9.17) is 0 Å². The van der Waals surface area contributed by atoms with Crippen LogP contribution in [0.15, 0.2) is 24.3 Å². The van der Waals surface area contributed by atoms with Crippen molar-refractivity contribution in [3.05, 3.63) is 50.7 Å². The molecule has 142 valence electrons. The van der Waals surface area contributed by atoms with Crippen LogP contribution in [0.3, 0.4) is 0 Å². The first-order valence-electron chi connectivity index (χ1n) is 10.4. The Kier molecular flexibility index (Phi) is 4.36. The van der Waals surface area contributed by atoms with E-state index in [9.17, 15) is 4.79 Å². The zero-order valence-electron chi connectivity index (χ0n) is 16.1. The Morgan fingerprint density at radius 1 is 1.22 bits per heavy atom. The lowest BCUT2D eigenvalue weighted by Crippen LogP contribution is -2.37. The highest BCUT2D eigenvalue weighted by Gasteiger charge is 2.48. The van der Waals surface area contributed by atoms with Gasteiger partial charge >= 0.3 is 0 Å². The molecule has 1 aromatic heterocycles. The van der Waals surface area contributed by atoms with Crippen molar-refractivity contribution in [2.75, 3.05) is 18.4 Å². The quantitative estimate of drug-likeness (QED) is 0.755. The summed E-state index contributed by atoms with van der Waals surface area (Å²) in [6.07, 6.45) is 7.80. The average Bonchev–Trinajstić information content (AvgIpc) is 3.17. The fourth-order valence-corrected chi connectivity index (χ4v) is 6.55. The van der Waals surface area contributed by atoms with Gasteiger partial charge in [0.05, 0.1) is 5.41 Å². The maximum Gasteiger partial charge on any atom is 0.235 e. The van der Waals surface area contributed by atoms with Crippen LogP contribution in [0.4, 0.5) is 5.69 Å². The zero-order chi connectivity index (χ0) is 18.4. The Morgan fingerprint density at radius 3 is 3.07 bits per heavy atom. The topological polar surface area (TPSA) is 32.3 Å². The van der Waals surface area contributed by atoms with E-state index in [-0.39, 0.29) is 11.3 Å². The molecule has 1 atom stereocenters. The van der Waals surface area contributed by atoms with Crippen molar-refractivity contribution in [3.8, 4) is 0 Å². The summed E-state index contributed by atoms with van der Waals surface area (Å²) in [6.45, 7) is 5.67. The van der Waals surface area contributed by atoms with Gasteiger partial charge in [-0.1, -0.05) is 18.6 Å². The Bertz CT molecular complexity index is 886. The van der Waals surface area contributed by atoms with Gasteiger partial charge < -0.3 is 5.32 Å². The van der Waals surface area contributed by atoms with E-state index in [0.29, 0.717) is 0 Å². The molecular weight excluding hydrogens is 352 g/mol. The van der Waals surface area contributed by atoms with Crippen LogP contribution in [-0.4, -0.2) is 23.9 Å². The molecule has 1 unspecified atom stereocenters. The molecule has 5 rings (SSSR count). The van der Waals surface area contributed by atoms with Gasteiger partial charge in [-0.05, 0) is 80.8 Å². The van der Waals surface area contributed by atoms with Gasteiger partial charge in [-0.15, -0.1) is 11.3 Å². The number of rotatable bonds is 5. The molecule has 3 nitrogen and oxygen atoms in total. The summed E-state index contributed by atoms with van der Waals surface area (Å²) >= 11 is 1.97. The van der Waals surface area contributed by atoms with E-state index in [2.05, 4.69) is 41.4 Å². The Labute approximate surface area is 165 Å². The number of anilines is 1. The maximum absolute atomic E-state index is 12.9. The predicted octanol–water partition coefficient (Wildman–Crippen LogP) is 4.81. The van der Waals surface area contributed by atoms with Gasteiger partial charge in [-0.2, -0.15) is 0 Å². The molecular formula is C23H28N2OS. The minimum absolute atomic E-state index is 0.246. The van der Waals surface area contributed by atoms with Crippen molar-refractivity contribution in [2.45, 2.75) is 63.8 Å². The number of amides is 1. The highest BCUT2D eigenvalue weighted by Crippen LogP contribution is 2.49. The molecule has 1 aliphatic carbocycles. The molecule has 0 saturated carbocycles. The minimum Gasteiger partial charge on any atom is -0.325 e. The molecule has 1 amide bonds. The van der Waals surface area contributed by atoms with Crippen LogP contribution in [0.1, 0.15) is 58.5 Å². The standard InChI is InChI=1S/C23H28N2OS/c1-16-14-18-15-25(13-9-20(18)27-16)12-3-2-10-23-11-5-7-17-6-4-8-19(21(17)23)24-22(23)26/h4,6,8,14H,2-3,5,7,9-13,15H2,1H3,(H,24,26). The fourth-order valence-electron chi connectivity index (χ4n) is 5.51. The van der Waals surface area contributed by atoms with E-state index in [1.54, 1.807) is 10.4 Å². The van der Waals surface area contributed by atoms with Gasteiger partial charge in [0, 0.05) is 28.5 Å². The minimum atomic E-state index is -0.246. The van der Waals surface area contributed by atoms with E-state index >= 15 is 0 Å². The molecule has 1 N–H and O–H groups in total. The van der Waals surface area contributed by atoms with Crippen molar-refractivity contribution in [3.63, 3.8) is 0 Å². The number of fused-ring (bicyclic) bond motifs is 1. The van der Waals surface area contributed by atoms with E-state index in [0.717, 1.165) is 50.9 Å². The Balaban J connectivity index is 1.22. The van der Waals surface area contributed by atoms with E-state index in [1.165, 1.54) is 35.4 Å². The number of aryl methyl sites for hydroxylation is 2. The summed E-state index contributed by atoms with van der Waals surface area (Å²) in [4.78, 5) is 18.5. The second kappa shape index (κ2) is 6.75. The molecule has 0 spiro atoms. The third-order valence-electron chi connectivity index (χ3n) is 6.76. The summed E-state index contributed by atoms with van der Waals surface area (Å²) in [6, 6.07) is 8.76. The van der Waals surface area contributed by atoms with E-state index < -0.39 is 0 Å². The largest absolute Gasteiger partial charge is 0.325 e. The zero-order valence-corrected chi connectivity index (χ0v) is 17.0. The number of hydrogen-bond donors (Lipinski definition) is 1. The SMILES string of the molecule is Cc1cc2c(s1)CCN(CCCCC13CCCc4cccc(c41)NC3=O)C2. The van der Waals surface area contributed by atoms with Crippen molar-refractivity contribution < 1.29 is 4.79 Å². The van der Waals surface area contributed by atoms with Gasteiger partial charge in [0.25, 0.3) is 0 Å². The lowest BCUT2D eigenvalue weighted by molar-refractivity contribution is -0.121. The number of benzene rings is 1. The molecule has 2 aromatic rings. The molecule has 0 bridgehead atoms. The van der Waals surface area contributed by atoms with Crippen molar-refractivity contribution in [2.24, 2.45) is 0 Å². The van der Waals surface area contributed by atoms with Crippen LogP contribution in [0, 0.1) is 6.92 Å². The van der Waals surface area contributed by atoms with Crippen molar-refractivity contribution in [1.82, 2.24) is 4.90 Å². The molecule has 27 heavy (non-hydrogen) atoms. The summed E-state index contributed by atoms with van der Waals surface area (Å²) in [7, 11) is 0. The van der Waals surface area contributed by atoms with Crippen molar-refractivity contribution in [1.29, 1.82) is 0 Å². The predicted molar refractivity (Wildman–Crippen MR) is 112 cm³/mol. The van der Waals surface area contributed by atoms with Gasteiger partial charge in [-0.3, -0.25) is 9.69 Å². The molecule has 1 aromatic carbocycles. The van der Waals surface area contributed by atoms with Gasteiger partial charge in [0.1, 0.15) is 0 Å². The lowest BCUT2D eigenvalue weighted by atomic mass is 9.68. The normalized spacial score (nSPS) is 23.8. The Morgan fingerprint density at radius 2 is 2.15 bits per heavy atom. The number of nitrogens with one attached hydrogen (secondary N) is 1. The average molecular weight is 381 g/mol. The van der Waals surface area contributed by atoms with Crippen molar-refractivity contribution >= 4 is 22.9 Å². The number of hydrogen-bond acceptors (Lipinski definition) is 3. The Hall–Kier alpha value is -1.65. The first kappa shape index (κ1) is 17.4. The lowest BCUT2D eigenvalue weighted by Gasteiger charge is -2.33. The van der Waals surface area contributed by atoms with Crippen LogP contribution >= 0.6 is 11.3 Å². The highest BCUT2D eigenvalue weighted by atomic mass is 32.1. The summed E-state index contributed by atoms with van der Waals surface area (Å²) < 4.78 is 0. The third-order valence-corrected chi connectivity index (χ3v) is 7.91. The van der Waals surface area contributed by atoms with Gasteiger partial charge in [0.2, 0.25) is 5.91 Å². The number of carbonyl (C=O) groups is 1. The smallest absolute Gasteiger partial charge is 0.235 e. The number of unbranched alkanes of at least 4 members (excludes halogenated alkanes) is 1. The molecule has 0 saturated heterocycles. The van der Waals surface area contributed by atoms with Crippen LogP contribution in [0.2, 0.25) is 0 Å². The second-order valence-electron chi connectivity index (χ2n) is 8.52. The first-order chi connectivity index (χ1) is 13.2. The summed E-state index contributed by atoms with van der Waals surface area (Å²) in [5, 5.41) is 3.18. The molecule has 2 aliphatic heterocycles. The van der Waals surface area contributed by atoms with Crippen LogP contribution in [-0.2, 0) is 29.6 Å². The number of carbonyl (C=O) groups excluding carboxylic acids is 1. The molecule has 3 aliphatic rings. The number of nitrogens with zero attached hydrogens (tertiary/aromatic N) is 1. The summed E-state index contributed by atoms with van der Waals surface area (Å²) in [5.41, 5.74) is 5.10. The van der Waals surface area contributed by atoms with Crippen LogP contribution < -0.4 is 5.32 Å². The first-order valence-corrected chi connectivity index (χ1v) is 11.2. The molecule has 4 heteroatoms.